The highest BCUT2D eigenvalue weighted by atomic mass is 16.4. The predicted molar refractivity (Wildman–Crippen MR) is 73.0 cm³/mol. The monoisotopic (exact) mass is 261 g/mol. The van der Waals surface area contributed by atoms with Crippen LogP contribution in [0.4, 0.5) is 0 Å². The van der Waals surface area contributed by atoms with Crippen molar-refractivity contribution in [2.24, 2.45) is 5.41 Å². The first kappa shape index (κ1) is 13.5. The van der Waals surface area contributed by atoms with E-state index < -0.39 is 11.4 Å². The molecule has 0 fully saturated rings. The van der Waals surface area contributed by atoms with Crippen LogP contribution in [0.25, 0.3) is 11.2 Å². The first-order valence-corrected chi connectivity index (χ1v) is 6.56. The van der Waals surface area contributed by atoms with Crippen LogP contribution in [0.3, 0.4) is 0 Å². The maximum atomic E-state index is 11.5. The van der Waals surface area contributed by atoms with Crippen molar-refractivity contribution in [2.75, 3.05) is 0 Å². The third kappa shape index (κ3) is 2.45. The molecule has 5 nitrogen and oxygen atoms in total. The standard InChI is InChI=1S/C14H19N3O2/c1-4-14(5-2,13(18)19)8-11-16-10-7-6-9(3)15-12(10)17-11/h6-7H,4-5,8H2,1-3H3,(H,18,19)(H,15,16,17). The van der Waals surface area contributed by atoms with E-state index in [1.54, 1.807) is 0 Å². The zero-order chi connectivity index (χ0) is 14.0. The van der Waals surface area contributed by atoms with Crippen LogP contribution < -0.4 is 0 Å². The molecule has 0 aliphatic heterocycles. The quantitative estimate of drug-likeness (QED) is 0.867. The second-order valence-corrected chi connectivity index (χ2v) is 4.98. The molecule has 0 amide bonds. The van der Waals surface area contributed by atoms with Gasteiger partial charge in [0, 0.05) is 12.1 Å². The topological polar surface area (TPSA) is 78.9 Å². The second kappa shape index (κ2) is 4.99. The lowest BCUT2D eigenvalue weighted by molar-refractivity contribution is -0.149. The first-order valence-electron chi connectivity index (χ1n) is 6.56. The molecule has 5 heteroatoms. The van der Waals surface area contributed by atoms with Crippen LogP contribution in [-0.2, 0) is 11.2 Å². The van der Waals surface area contributed by atoms with Crippen LogP contribution in [0.15, 0.2) is 12.1 Å². The number of fused-ring (bicyclic) bond motifs is 1. The highest BCUT2D eigenvalue weighted by Crippen LogP contribution is 2.31. The van der Waals surface area contributed by atoms with Crippen LogP contribution in [0.1, 0.15) is 38.2 Å². The van der Waals surface area contributed by atoms with Crippen molar-refractivity contribution in [3.05, 3.63) is 23.7 Å². The average Bonchev–Trinajstić information content (AvgIpc) is 2.77. The number of nitrogens with zero attached hydrogens (tertiary/aromatic N) is 2. The smallest absolute Gasteiger partial charge is 0.310 e. The van der Waals surface area contributed by atoms with Gasteiger partial charge in [-0.2, -0.15) is 0 Å². The van der Waals surface area contributed by atoms with Crippen LogP contribution in [0, 0.1) is 12.3 Å². The van der Waals surface area contributed by atoms with Gasteiger partial charge in [-0.3, -0.25) is 4.79 Å². The summed E-state index contributed by atoms with van der Waals surface area (Å²) in [6, 6.07) is 3.84. The molecule has 0 spiro atoms. The lowest BCUT2D eigenvalue weighted by Crippen LogP contribution is -2.32. The molecule has 2 aromatic rings. The molecule has 2 heterocycles. The van der Waals surface area contributed by atoms with E-state index in [-0.39, 0.29) is 0 Å². The number of aliphatic carboxylic acids is 1. The van der Waals surface area contributed by atoms with Crippen molar-refractivity contribution in [1.29, 1.82) is 0 Å². The van der Waals surface area contributed by atoms with E-state index in [4.69, 9.17) is 0 Å². The number of carbonyl (C=O) groups is 1. The third-order valence-electron chi connectivity index (χ3n) is 3.85. The van der Waals surface area contributed by atoms with Crippen LogP contribution >= 0.6 is 0 Å². The molecule has 19 heavy (non-hydrogen) atoms. The number of carboxylic acids is 1. The number of pyridine rings is 1. The minimum atomic E-state index is -0.762. The van der Waals surface area contributed by atoms with Gasteiger partial charge >= 0.3 is 5.97 Å². The van der Waals surface area contributed by atoms with Gasteiger partial charge in [0.15, 0.2) is 5.65 Å². The average molecular weight is 261 g/mol. The lowest BCUT2D eigenvalue weighted by Gasteiger charge is -2.25. The van der Waals surface area contributed by atoms with Gasteiger partial charge in [0.25, 0.3) is 0 Å². The number of imidazole rings is 1. The molecule has 0 saturated heterocycles. The third-order valence-corrected chi connectivity index (χ3v) is 3.85. The maximum Gasteiger partial charge on any atom is 0.310 e. The molecule has 2 rings (SSSR count). The Bertz CT molecular complexity index is 600. The number of hydrogen-bond acceptors (Lipinski definition) is 3. The number of nitrogens with one attached hydrogen (secondary N) is 1. The van der Waals surface area contributed by atoms with Gasteiger partial charge in [0.1, 0.15) is 5.82 Å². The molecule has 0 bridgehead atoms. The number of hydrogen-bond donors (Lipinski definition) is 2. The summed E-state index contributed by atoms with van der Waals surface area (Å²) in [5.41, 5.74) is 1.66. The predicted octanol–water partition coefficient (Wildman–Crippen LogP) is 2.70. The Kier molecular flexibility index (Phi) is 3.55. The first-order chi connectivity index (χ1) is 9.00. The summed E-state index contributed by atoms with van der Waals surface area (Å²) in [7, 11) is 0. The van der Waals surface area contributed by atoms with Crippen LogP contribution in [0.5, 0.6) is 0 Å². The van der Waals surface area contributed by atoms with Crippen LogP contribution in [0.2, 0.25) is 0 Å². The number of aryl methyl sites for hydroxylation is 1. The minimum Gasteiger partial charge on any atom is -0.481 e. The van der Waals surface area contributed by atoms with E-state index in [9.17, 15) is 9.90 Å². The van der Waals surface area contributed by atoms with Gasteiger partial charge < -0.3 is 10.1 Å². The Morgan fingerprint density at radius 1 is 1.32 bits per heavy atom. The summed E-state index contributed by atoms with van der Waals surface area (Å²) in [6.45, 7) is 5.72. The number of carboxylic acid groups (broad SMARTS) is 1. The van der Waals surface area contributed by atoms with Crippen molar-refractivity contribution in [3.63, 3.8) is 0 Å². The molecule has 2 N–H and O–H groups in total. The van der Waals surface area contributed by atoms with E-state index in [2.05, 4.69) is 15.0 Å². The van der Waals surface area contributed by atoms with E-state index in [0.717, 1.165) is 11.2 Å². The Morgan fingerprint density at radius 2 is 2.00 bits per heavy atom. The molecule has 0 radical (unpaired) electrons. The maximum absolute atomic E-state index is 11.5. The summed E-state index contributed by atoms with van der Waals surface area (Å²) in [4.78, 5) is 23.4. The summed E-state index contributed by atoms with van der Waals surface area (Å²) in [6.07, 6.45) is 1.58. The molecule has 2 aromatic heterocycles. The molecule has 0 aliphatic carbocycles. The van der Waals surface area contributed by atoms with Crippen molar-refractivity contribution >= 4 is 17.1 Å². The van der Waals surface area contributed by atoms with Gasteiger partial charge in [-0.05, 0) is 31.9 Å². The molecule has 0 unspecified atom stereocenters. The molecular formula is C14H19N3O2. The van der Waals surface area contributed by atoms with Gasteiger partial charge in [-0.15, -0.1) is 0 Å². The molecular weight excluding hydrogens is 242 g/mol. The van der Waals surface area contributed by atoms with E-state index in [0.29, 0.717) is 30.7 Å². The molecule has 0 aliphatic rings. The highest BCUT2D eigenvalue weighted by molar-refractivity contribution is 5.75. The number of aromatic nitrogens is 3. The van der Waals surface area contributed by atoms with Crippen molar-refractivity contribution in [1.82, 2.24) is 15.0 Å². The van der Waals surface area contributed by atoms with Gasteiger partial charge in [0.05, 0.1) is 10.9 Å². The van der Waals surface area contributed by atoms with E-state index in [1.807, 2.05) is 32.9 Å². The summed E-state index contributed by atoms with van der Waals surface area (Å²) >= 11 is 0. The zero-order valence-corrected chi connectivity index (χ0v) is 11.5. The normalized spacial score (nSPS) is 11.9. The summed E-state index contributed by atoms with van der Waals surface area (Å²) in [5.74, 6) is -0.0682. The van der Waals surface area contributed by atoms with Gasteiger partial charge in [0.2, 0.25) is 0 Å². The number of rotatable bonds is 5. The Hall–Kier alpha value is -1.91. The minimum absolute atomic E-state index is 0.407. The Labute approximate surface area is 112 Å². The molecule has 0 aromatic carbocycles. The largest absolute Gasteiger partial charge is 0.481 e. The zero-order valence-electron chi connectivity index (χ0n) is 11.5. The van der Waals surface area contributed by atoms with E-state index >= 15 is 0 Å². The lowest BCUT2D eigenvalue weighted by atomic mass is 9.79. The highest BCUT2D eigenvalue weighted by Gasteiger charge is 2.36. The molecule has 0 atom stereocenters. The number of aromatic amines is 1. The summed E-state index contributed by atoms with van der Waals surface area (Å²) < 4.78 is 0. The fourth-order valence-electron chi connectivity index (χ4n) is 2.32. The van der Waals surface area contributed by atoms with Crippen molar-refractivity contribution in [3.8, 4) is 0 Å². The fraction of sp³-hybridized carbons (Fsp3) is 0.500. The van der Waals surface area contributed by atoms with Crippen molar-refractivity contribution in [2.45, 2.75) is 40.0 Å². The Balaban J connectivity index is 2.36. The van der Waals surface area contributed by atoms with Crippen LogP contribution in [-0.4, -0.2) is 26.0 Å². The fourth-order valence-corrected chi connectivity index (χ4v) is 2.32. The van der Waals surface area contributed by atoms with Gasteiger partial charge in [-0.1, -0.05) is 13.8 Å². The summed E-state index contributed by atoms with van der Waals surface area (Å²) in [5, 5.41) is 9.45. The SMILES string of the molecule is CCC(CC)(Cc1nc2nc(C)ccc2[nH]1)C(=O)O. The number of H-pyrrole nitrogens is 1. The van der Waals surface area contributed by atoms with Gasteiger partial charge in [-0.25, -0.2) is 9.97 Å². The van der Waals surface area contributed by atoms with E-state index in [1.165, 1.54) is 0 Å². The molecule has 102 valence electrons. The Morgan fingerprint density at radius 3 is 2.58 bits per heavy atom. The molecule has 0 saturated carbocycles. The van der Waals surface area contributed by atoms with Crippen molar-refractivity contribution < 1.29 is 9.90 Å². The second-order valence-electron chi connectivity index (χ2n) is 4.98.